The summed E-state index contributed by atoms with van der Waals surface area (Å²) in [5.41, 5.74) is 3.16. The Kier molecular flexibility index (Phi) is 3.49. The van der Waals surface area contributed by atoms with E-state index in [2.05, 4.69) is 44.4 Å². The molecule has 0 aliphatic heterocycles. The zero-order valence-corrected chi connectivity index (χ0v) is 13.4. The fourth-order valence-electron chi connectivity index (χ4n) is 2.49. The maximum Gasteiger partial charge on any atom is 0.165 e. The molecule has 0 radical (unpaired) electrons. The highest BCUT2D eigenvalue weighted by Gasteiger charge is 2.13. The van der Waals surface area contributed by atoms with Crippen molar-refractivity contribution in [3.05, 3.63) is 37.2 Å². The summed E-state index contributed by atoms with van der Waals surface area (Å²) in [5.74, 6) is 1.76. The van der Waals surface area contributed by atoms with Crippen LogP contribution in [-0.2, 0) is 6.54 Å². The van der Waals surface area contributed by atoms with E-state index in [0.29, 0.717) is 17.6 Å². The van der Waals surface area contributed by atoms with Crippen LogP contribution in [-0.4, -0.2) is 29.9 Å². The molecular weight excluding hydrogens is 306 g/mol. The van der Waals surface area contributed by atoms with E-state index in [1.54, 1.807) is 24.9 Å². The quantitative estimate of drug-likeness (QED) is 0.585. The number of hydrogen-bond donors (Lipinski definition) is 2. The highest BCUT2D eigenvalue weighted by molar-refractivity contribution is 5.88. The van der Waals surface area contributed by atoms with Gasteiger partial charge in [-0.05, 0) is 12.0 Å². The first-order chi connectivity index (χ1) is 11.7. The van der Waals surface area contributed by atoms with E-state index in [1.807, 2.05) is 16.9 Å². The molecule has 0 aromatic carbocycles. The average Bonchev–Trinajstić information content (AvgIpc) is 3.27. The van der Waals surface area contributed by atoms with E-state index in [4.69, 9.17) is 4.42 Å². The Hall–Kier alpha value is -3.16. The lowest BCUT2D eigenvalue weighted by Gasteiger charge is -2.06. The van der Waals surface area contributed by atoms with Gasteiger partial charge in [0.15, 0.2) is 11.6 Å². The van der Waals surface area contributed by atoms with Gasteiger partial charge in [-0.2, -0.15) is 10.2 Å². The Morgan fingerprint density at radius 2 is 2.21 bits per heavy atom. The summed E-state index contributed by atoms with van der Waals surface area (Å²) < 4.78 is 7.04. The number of hydrogen-bond acceptors (Lipinski definition) is 6. The minimum absolute atomic E-state index is 0.531. The maximum atomic E-state index is 5.12. The van der Waals surface area contributed by atoms with E-state index >= 15 is 0 Å². The van der Waals surface area contributed by atoms with Crippen molar-refractivity contribution in [2.45, 2.75) is 20.4 Å². The molecular formula is C16H17N7O. The molecule has 4 aromatic rings. The van der Waals surface area contributed by atoms with Crippen molar-refractivity contribution in [1.82, 2.24) is 29.9 Å². The van der Waals surface area contributed by atoms with E-state index < -0.39 is 0 Å². The zero-order valence-electron chi connectivity index (χ0n) is 13.4. The second-order valence-corrected chi connectivity index (χ2v) is 6.01. The lowest BCUT2D eigenvalue weighted by Crippen LogP contribution is -2.04. The van der Waals surface area contributed by atoms with Gasteiger partial charge in [0, 0.05) is 12.7 Å². The van der Waals surface area contributed by atoms with Crippen LogP contribution in [0.3, 0.4) is 0 Å². The molecule has 0 atom stereocenters. The summed E-state index contributed by atoms with van der Waals surface area (Å²) in [6.07, 6.45) is 8.63. The first kappa shape index (κ1) is 14.4. The lowest BCUT2D eigenvalue weighted by atomic mass is 10.2. The van der Waals surface area contributed by atoms with Crippen LogP contribution < -0.4 is 5.32 Å². The van der Waals surface area contributed by atoms with Gasteiger partial charge < -0.3 is 9.73 Å². The predicted octanol–water partition coefficient (Wildman–Crippen LogP) is 3.21. The van der Waals surface area contributed by atoms with E-state index in [0.717, 1.165) is 28.8 Å². The highest BCUT2D eigenvalue weighted by Crippen LogP contribution is 2.25. The van der Waals surface area contributed by atoms with Crippen LogP contribution in [0.1, 0.15) is 13.8 Å². The molecule has 8 nitrogen and oxygen atoms in total. The number of H-pyrrole nitrogens is 1. The van der Waals surface area contributed by atoms with Gasteiger partial charge in [0.1, 0.15) is 17.3 Å². The summed E-state index contributed by atoms with van der Waals surface area (Å²) >= 11 is 0. The number of furan rings is 1. The molecule has 0 spiro atoms. The van der Waals surface area contributed by atoms with Gasteiger partial charge in [-0.25, -0.2) is 9.97 Å². The Balaban J connectivity index is 1.70. The second kappa shape index (κ2) is 5.80. The fourth-order valence-corrected chi connectivity index (χ4v) is 2.49. The van der Waals surface area contributed by atoms with Crippen molar-refractivity contribution in [2.75, 3.05) is 5.32 Å². The van der Waals surface area contributed by atoms with Crippen LogP contribution in [0, 0.1) is 5.92 Å². The van der Waals surface area contributed by atoms with Crippen LogP contribution in [0.2, 0.25) is 0 Å². The SMILES string of the molecule is CC(C)Cn1cc(Nc2nc(-c3ccoc3)nc3cn[nH]c23)cn1. The van der Waals surface area contributed by atoms with Gasteiger partial charge in [0.2, 0.25) is 0 Å². The van der Waals surface area contributed by atoms with Gasteiger partial charge in [-0.15, -0.1) is 0 Å². The van der Waals surface area contributed by atoms with Crippen LogP contribution in [0.15, 0.2) is 41.6 Å². The third-order valence-corrected chi connectivity index (χ3v) is 3.53. The van der Waals surface area contributed by atoms with Crippen molar-refractivity contribution >= 4 is 22.5 Å². The molecule has 4 aromatic heterocycles. The number of nitrogens with one attached hydrogen (secondary N) is 2. The first-order valence-corrected chi connectivity index (χ1v) is 7.72. The van der Waals surface area contributed by atoms with E-state index in [9.17, 15) is 0 Å². The third kappa shape index (κ3) is 2.73. The van der Waals surface area contributed by atoms with Gasteiger partial charge >= 0.3 is 0 Å². The monoisotopic (exact) mass is 323 g/mol. The predicted molar refractivity (Wildman–Crippen MR) is 89.7 cm³/mol. The minimum Gasteiger partial charge on any atom is -0.472 e. The van der Waals surface area contributed by atoms with Crippen LogP contribution in [0.4, 0.5) is 11.5 Å². The molecule has 0 fully saturated rings. The smallest absolute Gasteiger partial charge is 0.165 e. The molecule has 0 saturated heterocycles. The molecule has 0 aliphatic rings. The zero-order chi connectivity index (χ0) is 16.5. The highest BCUT2D eigenvalue weighted by atomic mass is 16.3. The molecule has 0 bridgehead atoms. The van der Waals surface area contributed by atoms with Crippen molar-refractivity contribution in [3.8, 4) is 11.4 Å². The number of nitrogens with zero attached hydrogens (tertiary/aromatic N) is 5. The Morgan fingerprint density at radius 3 is 3.00 bits per heavy atom. The Morgan fingerprint density at radius 1 is 1.29 bits per heavy atom. The van der Waals surface area contributed by atoms with Crippen LogP contribution >= 0.6 is 0 Å². The number of aromatic amines is 1. The van der Waals surface area contributed by atoms with Gasteiger partial charge in [0.25, 0.3) is 0 Å². The maximum absolute atomic E-state index is 5.12. The van der Waals surface area contributed by atoms with Gasteiger partial charge in [-0.1, -0.05) is 13.8 Å². The molecule has 4 rings (SSSR count). The third-order valence-electron chi connectivity index (χ3n) is 3.53. The number of aromatic nitrogens is 6. The molecule has 8 heteroatoms. The Labute approximate surface area is 137 Å². The molecule has 0 unspecified atom stereocenters. The second-order valence-electron chi connectivity index (χ2n) is 6.01. The molecule has 0 saturated carbocycles. The van der Waals surface area contributed by atoms with E-state index in [-0.39, 0.29) is 0 Å². The number of rotatable bonds is 5. The van der Waals surface area contributed by atoms with Gasteiger partial charge in [0.05, 0.1) is 29.9 Å². The molecule has 0 aliphatic carbocycles. The van der Waals surface area contributed by atoms with E-state index in [1.165, 1.54) is 0 Å². The normalized spacial score (nSPS) is 11.5. The fraction of sp³-hybridized carbons (Fsp3) is 0.250. The van der Waals surface area contributed by atoms with Crippen molar-refractivity contribution in [1.29, 1.82) is 0 Å². The summed E-state index contributed by atoms with van der Waals surface area (Å²) in [6, 6.07) is 1.83. The van der Waals surface area contributed by atoms with Gasteiger partial charge in [-0.3, -0.25) is 9.78 Å². The summed E-state index contributed by atoms with van der Waals surface area (Å²) in [6.45, 7) is 5.18. The molecule has 0 amide bonds. The molecule has 4 heterocycles. The molecule has 2 N–H and O–H groups in total. The van der Waals surface area contributed by atoms with Crippen LogP contribution in [0.5, 0.6) is 0 Å². The topological polar surface area (TPSA) is 97.5 Å². The van der Waals surface area contributed by atoms with Crippen molar-refractivity contribution in [3.63, 3.8) is 0 Å². The summed E-state index contributed by atoms with van der Waals surface area (Å²) in [7, 11) is 0. The summed E-state index contributed by atoms with van der Waals surface area (Å²) in [4.78, 5) is 9.09. The Bertz CT molecular complexity index is 952. The van der Waals surface area contributed by atoms with Crippen molar-refractivity contribution in [2.24, 2.45) is 5.92 Å². The largest absolute Gasteiger partial charge is 0.472 e. The first-order valence-electron chi connectivity index (χ1n) is 7.72. The number of fused-ring (bicyclic) bond motifs is 1. The lowest BCUT2D eigenvalue weighted by molar-refractivity contribution is 0.483. The molecule has 24 heavy (non-hydrogen) atoms. The van der Waals surface area contributed by atoms with Crippen molar-refractivity contribution < 1.29 is 4.42 Å². The van der Waals surface area contributed by atoms with Crippen LogP contribution in [0.25, 0.3) is 22.4 Å². The molecule has 122 valence electrons. The standard InChI is InChI=1S/C16H17N7O/c1-10(2)7-23-8-12(5-18-23)19-16-14-13(6-17-22-14)20-15(21-16)11-3-4-24-9-11/h3-6,8-10H,7H2,1-2H3,(H,17,22)(H,19,20,21). The number of anilines is 2. The summed E-state index contributed by atoms with van der Waals surface area (Å²) in [5, 5.41) is 14.6. The average molecular weight is 323 g/mol. The minimum atomic E-state index is 0.531.